The van der Waals surface area contributed by atoms with Crippen LogP contribution in [0.4, 0.5) is 0 Å². The molecule has 1 aromatic heterocycles. The molecular weight excluding hydrogens is 373 g/mol. The van der Waals surface area contributed by atoms with E-state index in [0.717, 1.165) is 10.9 Å². The number of amides is 1. The zero-order chi connectivity index (χ0) is 20.6. The van der Waals surface area contributed by atoms with Gasteiger partial charge >= 0.3 is 7.12 Å². The van der Waals surface area contributed by atoms with Gasteiger partial charge in [-0.25, -0.2) is 0 Å². The Morgan fingerprint density at radius 2 is 1.86 bits per heavy atom. The zero-order valence-electron chi connectivity index (χ0n) is 16.0. The summed E-state index contributed by atoms with van der Waals surface area (Å²) in [6, 6.07) is 14.6. The van der Waals surface area contributed by atoms with Gasteiger partial charge < -0.3 is 29.6 Å². The van der Waals surface area contributed by atoms with Crippen molar-refractivity contribution in [1.29, 1.82) is 0 Å². The molecule has 1 unspecified atom stereocenters. The third-order valence-corrected chi connectivity index (χ3v) is 4.59. The largest absolute Gasteiger partial charge is 0.493 e. The van der Waals surface area contributed by atoms with E-state index >= 15 is 0 Å². The maximum Gasteiger partial charge on any atom is 0.475 e. The fraction of sp³-hybridized carbons (Fsp3) is 0.286. The normalized spacial score (nSPS) is 12.0. The van der Waals surface area contributed by atoms with Crippen LogP contribution in [-0.4, -0.2) is 47.3 Å². The zero-order valence-corrected chi connectivity index (χ0v) is 16.0. The maximum atomic E-state index is 12.5. The summed E-state index contributed by atoms with van der Waals surface area (Å²) >= 11 is 0. The third kappa shape index (κ3) is 5.60. The molecule has 1 atom stereocenters. The fourth-order valence-corrected chi connectivity index (χ4v) is 3.13. The van der Waals surface area contributed by atoms with E-state index in [-0.39, 0.29) is 25.4 Å². The molecule has 0 aliphatic carbocycles. The van der Waals surface area contributed by atoms with Gasteiger partial charge in [-0.1, -0.05) is 36.4 Å². The number of furan rings is 1. The highest BCUT2D eigenvalue weighted by molar-refractivity contribution is 6.43. The number of carbonyl (C=O) groups excluding carboxylic acids is 1. The predicted octanol–water partition coefficient (Wildman–Crippen LogP) is 1.48. The van der Waals surface area contributed by atoms with Crippen LogP contribution in [0, 0.1) is 0 Å². The topological polar surface area (TPSA) is 112 Å². The number of hydrogen-bond donors (Lipinski definition) is 4. The molecule has 0 saturated heterocycles. The van der Waals surface area contributed by atoms with Crippen molar-refractivity contribution in [2.24, 2.45) is 0 Å². The van der Waals surface area contributed by atoms with Gasteiger partial charge in [0.05, 0.1) is 25.2 Å². The van der Waals surface area contributed by atoms with E-state index in [9.17, 15) is 14.8 Å². The second-order valence-corrected chi connectivity index (χ2v) is 6.76. The molecule has 3 rings (SSSR count). The Morgan fingerprint density at radius 1 is 1.10 bits per heavy atom. The maximum absolute atomic E-state index is 12.5. The van der Waals surface area contributed by atoms with E-state index in [2.05, 4.69) is 5.32 Å². The van der Waals surface area contributed by atoms with Crippen LogP contribution in [0.25, 0.3) is 11.0 Å². The minimum absolute atomic E-state index is 0.0292. The summed E-state index contributed by atoms with van der Waals surface area (Å²) in [6.45, 7) is 0.377. The van der Waals surface area contributed by atoms with Crippen molar-refractivity contribution in [3.63, 3.8) is 0 Å². The Bertz CT molecular complexity index is 942. The molecule has 8 heteroatoms. The van der Waals surface area contributed by atoms with Crippen molar-refractivity contribution < 1.29 is 29.1 Å². The molecule has 2 aromatic carbocycles. The lowest BCUT2D eigenvalue weighted by Crippen LogP contribution is -2.48. The van der Waals surface area contributed by atoms with E-state index < -0.39 is 13.1 Å². The minimum atomic E-state index is -1.72. The van der Waals surface area contributed by atoms with Gasteiger partial charge in [0.1, 0.15) is 11.3 Å². The van der Waals surface area contributed by atoms with E-state index in [0.29, 0.717) is 29.9 Å². The molecule has 3 aromatic rings. The molecule has 0 saturated carbocycles. The molecule has 0 radical (unpaired) electrons. The summed E-state index contributed by atoms with van der Waals surface area (Å²) < 4.78 is 11.1. The number of benzene rings is 2. The van der Waals surface area contributed by atoms with Gasteiger partial charge in [0.2, 0.25) is 5.91 Å². The first-order valence-electron chi connectivity index (χ1n) is 9.50. The van der Waals surface area contributed by atoms with Gasteiger partial charge in [-0.3, -0.25) is 4.79 Å². The summed E-state index contributed by atoms with van der Waals surface area (Å²) in [7, 11) is -1.72. The van der Waals surface area contributed by atoms with Crippen molar-refractivity contribution in [3.8, 4) is 5.75 Å². The Hall–Kier alpha value is -2.81. The molecule has 0 aliphatic rings. The number of para-hydroxylation sites is 2. The van der Waals surface area contributed by atoms with E-state index in [1.165, 1.54) is 0 Å². The van der Waals surface area contributed by atoms with Crippen molar-refractivity contribution in [2.75, 3.05) is 13.2 Å². The van der Waals surface area contributed by atoms with Gasteiger partial charge in [0, 0.05) is 24.0 Å². The number of aliphatic hydroxyl groups excluding tert-OH is 1. The van der Waals surface area contributed by atoms with Gasteiger partial charge in [-0.05, 0) is 24.1 Å². The van der Waals surface area contributed by atoms with Gasteiger partial charge in [-0.2, -0.15) is 0 Å². The molecule has 0 bridgehead atoms. The number of nitrogens with one attached hydrogen (secondary N) is 1. The Balaban J connectivity index is 1.66. The van der Waals surface area contributed by atoms with E-state index in [1.54, 1.807) is 30.5 Å². The summed E-state index contributed by atoms with van der Waals surface area (Å²) in [5.41, 5.74) is 2.17. The molecule has 0 fully saturated rings. The van der Waals surface area contributed by atoms with Gasteiger partial charge in [0.15, 0.2) is 0 Å². The van der Waals surface area contributed by atoms with Crippen molar-refractivity contribution in [1.82, 2.24) is 5.32 Å². The second kappa shape index (κ2) is 10.1. The summed E-state index contributed by atoms with van der Waals surface area (Å²) in [5, 5.41) is 32.0. The standard InChI is InChI=1S/C21H24BNO6/c24-10-5-11-28-18-8-3-1-6-15(18)13-21(25)23-20(22(26)27)12-16-14-29-19-9-4-2-7-17(16)19/h1-4,6-9,14,20,24,26-27H,5,10-13H2,(H,23,25). The molecular formula is C21H24BNO6. The smallest absolute Gasteiger partial charge is 0.475 e. The van der Waals surface area contributed by atoms with Gasteiger partial charge in [-0.15, -0.1) is 0 Å². The quantitative estimate of drug-likeness (QED) is 0.305. The third-order valence-electron chi connectivity index (χ3n) is 4.59. The van der Waals surface area contributed by atoms with Crippen LogP contribution < -0.4 is 10.1 Å². The highest BCUT2D eigenvalue weighted by Crippen LogP contribution is 2.22. The first-order chi connectivity index (χ1) is 14.1. The van der Waals surface area contributed by atoms with Crippen molar-refractivity contribution in [2.45, 2.75) is 25.2 Å². The van der Waals surface area contributed by atoms with E-state index in [1.807, 2.05) is 24.3 Å². The monoisotopic (exact) mass is 397 g/mol. The number of fused-ring (bicyclic) bond motifs is 1. The van der Waals surface area contributed by atoms with Crippen LogP contribution in [-0.2, 0) is 17.6 Å². The molecule has 0 aliphatic heterocycles. The van der Waals surface area contributed by atoms with E-state index in [4.69, 9.17) is 14.3 Å². The Labute approximate surface area is 169 Å². The summed E-state index contributed by atoms with van der Waals surface area (Å²) in [4.78, 5) is 12.5. The summed E-state index contributed by atoms with van der Waals surface area (Å²) in [5.74, 6) is -0.668. The van der Waals surface area contributed by atoms with Crippen LogP contribution in [0.2, 0.25) is 0 Å². The molecule has 1 heterocycles. The average Bonchev–Trinajstić information content (AvgIpc) is 3.12. The van der Waals surface area contributed by atoms with Gasteiger partial charge in [0.25, 0.3) is 0 Å². The SMILES string of the molecule is O=C(Cc1ccccc1OCCCO)NC(Cc1coc2ccccc12)B(O)O. The van der Waals surface area contributed by atoms with Crippen LogP contribution >= 0.6 is 0 Å². The van der Waals surface area contributed by atoms with Crippen LogP contribution in [0.15, 0.2) is 59.2 Å². The molecule has 29 heavy (non-hydrogen) atoms. The highest BCUT2D eigenvalue weighted by Gasteiger charge is 2.27. The Kier molecular flexibility index (Phi) is 7.29. The van der Waals surface area contributed by atoms with Crippen molar-refractivity contribution in [3.05, 3.63) is 65.9 Å². The number of carbonyl (C=O) groups is 1. The lowest BCUT2D eigenvalue weighted by Gasteiger charge is -2.18. The van der Waals surface area contributed by atoms with Crippen LogP contribution in [0.5, 0.6) is 5.75 Å². The molecule has 152 valence electrons. The molecule has 4 N–H and O–H groups in total. The highest BCUT2D eigenvalue weighted by atomic mass is 16.5. The first-order valence-corrected chi connectivity index (χ1v) is 9.50. The van der Waals surface area contributed by atoms with Crippen LogP contribution in [0.1, 0.15) is 17.5 Å². The number of hydrogen-bond acceptors (Lipinski definition) is 6. The molecule has 0 spiro atoms. The van der Waals surface area contributed by atoms with Crippen molar-refractivity contribution >= 4 is 24.0 Å². The number of ether oxygens (including phenoxy) is 1. The Morgan fingerprint density at radius 3 is 2.66 bits per heavy atom. The van der Waals surface area contributed by atoms with Crippen LogP contribution in [0.3, 0.4) is 0 Å². The first kappa shape index (κ1) is 20.9. The second-order valence-electron chi connectivity index (χ2n) is 6.76. The summed E-state index contributed by atoms with van der Waals surface area (Å²) in [6.07, 6.45) is 2.31. The average molecular weight is 397 g/mol. The number of aliphatic hydroxyl groups is 1. The fourth-order valence-electron chi connectivity index (χ4n) is 3.13. The minimum Gasteiger partial charge on any atom is -0.493 e. The lowest BCUT2D eigenvalue weighted by molar-refractivity contribution is -0.120. The molecule has 7 nitrogen and oxygen atoms in total. The number of rotatable bonds is 10. The molecule has 1 amide bonds. The predicted molar refractivity (Wildman–Crippen MR) is 109 cm³/mol. The lowest BCUT2D eigenvalue weighted by atomic mass is 9.75.